The first-order valence-corrected chi connectivity index (χ1v) is 21.4. The third-order valence-corrected chi connectivity index (χ3v) is 15.1. The van der Waals surface area contributed by atoms with Gasteiger partial charge in [-0.15, -0.1) is 0 Å². The van der Waals surface area contributed by atoms with Crippen LogP contribution in [0.2, 0.25) is 0 Å². The maximum Gasteiger partial charge on any atom is 0.0543 e. The summed E-state index contributed by atoms with van der Waals surface area (Å²) in [5, 5.41) is 0. The summed E-state index contributed by atoms with van der Waals surface area (Å²) in [6, 6.07) is 34.5. The Morgan fingerprint density at radius 3 is 1.49 bits per heavy atom. The van der Waals surface area contributed by atoms with Gasteiger partial charge in [0.25, 0.3) is 0 Å². The highest BCUT2D eigenvalue weighted by Crippen LogP contribution is 2.56. The van der Waals surface area contributed by atoms with Gasteiger partial charge in [-0.2, -0.15) is 0 Å². The minimum absolute atomic E-state index is 0.105. The number of hydrogen-bond donors (Lipinski definition) is 0. The summed E-state index contributed by atoms with van der Waals surface area (Å²) in [5.41, 5.74) is 23.1. The van der Waals surface area contributed by atoms with Gasteiger partial charge < -0.3 is 4.90 Å². The van der Waals surface area contributed by atoms with E-state index in [-0.39, 0.29) is 27.1 Å². The lowest BCUT2D eigenvalue weighted by Crippen LogP contribution is -2.34. The van der Waals surface area contributed by atoms with E-state index in [1.807, 2.05) is 0 Å². The third-order valence-electron chi connectivity index (χ3n) is 15.1. The standard InChI is InChI=1S/C54H63N/c1-34-28-35-16-12-13-17-36(35)29-40(34)42-32-41-39-18-14-15-19-43(39)54(10,11)46(41)33-49(42)55(37-20-22-44-47(30-37)52(6,7)26-24-50(44,2)3)38-21-23-45-48(31-38)53(8,9)27-25-51(45,4)5/h14-15,18-23,28-33H,12-13,16-17,24-27H2,1-11H3. The van der Waals surface area contributed by atoms with Crippen LogP contribution in [0.15, 0.2) is 84.9 Å². The highest BCUT2D eigenvalue weighted by Gasteiger charge is 2.41. The smallest absolute Gasteiger partial charge is 0.0543 e. The van der Waals surface area contributed by atoms with Gasteiger partial charge >= 0.3 is 0 Å². The third kappa shape index (κ3) is 5.69. The molecule has 0 N–H and O–H groups in total. The van der Waals surface area contributed by atoms with Crippen molar-refractivity contribution in [2.24, 2.45) is 0 Å². The molecule has 5 aromatic rings. The van der Waals surface area contributed by atoms with Crippen LogP contribution >= 0.6 is 0 Å². The van der Waals surface area contributed by atoms with E-state index >= 15 is 0 Å². The molecule has 4 aliphatic rings. The number of fused-ring (bicyclic) bond motifs is 6. The van der Waals surface area contributed by atoms with Crippen LogP contribution in [0, 0.1) is 6.92 Å². The average Bonchev–Trinajstić information content (AvgIpc) is 3.37. The average molecular weight is 726 g/mol. The highest BCUT2D eigenvalue weighted by molar-refractivity contribution is 5.95. The molecule has 55 heavy (non-hydrogen) atoms. The summed E-state index contributed by atoms with van der Waals surface area (Å²) in [4.78, 5) is 2.67. The molecule has 4 aliphatic carbocycles. The molecular formula is C54H63N. The van der Waals surface area contributed by atoms with Crippen molar-refractivity contribution in [3.8, 4) is 22.3 Å². The van der Waals surface area contributed by atoms with Crippen molar-refractivity contribution in [1.82, 2.24) is 0 Å². The summed E-state index contributed by atoms with van der Waals surface area (Å²) in [6.45, 7) is 26.9. The number of aryl methyl sites for hydroxylation is 3. The predicted octanol–water partition coefficient (Wildman–Crippen LogP) is 15.0. The minimum atomic E-state index is -0.112. The van der Waals surface area contributed by atoms with E-state index < -0.39 is 0 Å². The molecule has 9 rings (SSSR count). The van der Waals surface area contributed by atoms with E-state index in [0.717, 1.165) is 0 Å². The molecule has 1 heteroatoms. The molecule has 0 fully saturated rings. The van der Waals surface area contributed by atoms with E-state index in [1.54, 1.807) is 11.1 Å². The fraction of sp³-hybridized carbons (Fsp3) is 0.444. The molecule has 0 aliphatic heterocycles. The van der Waals surface area contributed by atoms with E-state index in [9.17, 15) is 0 Å². The second-order valence-electron chi connectivity index (χ2n) is 21.1. The molecule has 0 heterocycles. The second kappa shape index (κ2) is 12.2. The zero-order chi connectivity index (χ0) is 38.9. The SMILES string of the molecule is Cc1cc2c(cc1-c1cc3c(cc1N(c1ccc4c(c1)C(C)(C)CCC4(C)C)c1ccc4c(c1)C(C)(C)CCC4(C)C)C(C)(C)c1ccccc1-3)CCCC2. The Bertz CT molecular complexity index is 2300. The Hall–Kier alpha value is -4.10. The van der Waals surface area contributed by atoms with Crippen molar-refractivity contribution in [1.29, 1.82) is 0 Å². The van der Waals surface area contributed by atoms with Gasteiger partial charge in [-0.1, -0.05) is 118 Å². The van der Waals surface area contributed by atoms with E-state index in [4.69, 9.17) is 0 Å². The highest BCUT2D eigenvalue weighted by atomic mass is 15.1. The first-order chi connectivity index (χ1) is 25.9. The van der Waals surface area contributed by atoms with Gasteiger partial charge in [0.05, 0.1) is 5.69 Å². The van der Waals surface area contributed by atoms with Crippen LogP contribution in [0.25, 0.3) is 22.3 Å². The van der Waals surface area contributed by atoms with Crippen molar-refractivity contribution >= 4 is 17.1 Å². The topological polar surface area (TPSA) is 3.24 Å². The van der Waals surface area contributed by atoms with Gasteiger partial charge in [0.15, 0.2) is 0 Å². The molecule has 0 amide bonds. The number of benzene rings is 5. The summed E-state index contributed by atoms with van der Waals surface area (Å²) in [6.07, 6.45) is 9.78. The Kier molecular flexibility index (Phi) is 8.10. The number of rotatable bonds is 4. The van der Waals surface area contributed by atoms with E-state index in [0.29, 0.717) is 0 Å². The lowest BCUT2D eigenvalue weighted by atomic mass is 9.63. The summed E-state index contributed by atoms with van der Waals surface area (Å²) >= 11 is 0. The Labute approximate surface area is 332 Å². The molecule has 0 spiro atoms. The van der Waals surface area contributed by atoms with Crippen molar-refractivity contribution in [3.05, 3.63) is 135 Å². The molecule has 1 nitrogen and oxygen atoms in total. The fourth-order valence-electron chi connectivity index (χ4n) is 11.2. The lowest BCUT2D eigenvalue weighted by molar-refractivity contribution is 0.332. The maximum absolute atomic E-state index is 2.67. The first kappa shape index (κ1) is 36.5. The second-order valence-corrected chi connectivity index (χ2v) is 21.1. The van der Waals surface area contributed by atoms with Crippen LogP contribution in [0.3, 0.4) is 0 Å². The molecular weight excluding hydrogens is 663 g/mol. The number of anilines is 3. The Morgan fingerprint density at radius 1 is 0.418 bits per heavy atom. The van der Waals surface area contributed by atoms with E-state index in [2.05, 4.69) is 166 Å². The van der Waals surface area contributed by atoms with Gasteiger partial charge in [-0.05, 0) is 183 Å². The minimum Gasteiger partial charge on any atom is -0.310 e. The maximum atomic E-state index is 2.67. The summed E-state index contributed by atoms with van der Waals surface area (Å²) < 4.78 is 0. The molecule has 0 atom stereocenters. The lowest BCUT2D eigenvalue weighted by Gasteiger charge is -2.43. The normalized spacial score (nSPS) is 20.4. The van der Waals surface area contributed by atoms with Crippen LogP contribution in [-0.4, -0.2) is 0 Å². The van der Waals surface area contributed by atoms with Crippen LogP contribution in [-0.2, 0) is 39.9 Å². The summed E-state index contributed by atoms with van der Waals surface area (Å²) in [7, 11) is 0. The zero-order valence-corrected chi connectivity index (χ0v) is 35.7. The molecule has 0 unspecified atom stereocenters. The zero-order valence-electron chi connectivity index (χ0n) is 35.7. The Morgan fingerprint density at radius 2 is 0.927 bits per heavy atom. The monoisotopic (exact) mass is 725 g/mol. The fourth-order valence-corrected chi connectivity index (χ4v) is 11.2. The van der Waals surface area contributed by atoms with Crippen LogP contribution in [0.4, 0.5) is 17.1 Å². The van der Waals surface area contributed by atoms with Gasteiger partial charge in [0.2, 0.25) is 0 Å². The van der Waals surface area contributed by atoms with E-state index in [1.165, 1.54) is 130 Å². The molecule has 0 saturated heterocycles. The quantitative estimate of drug-likeness (QED) is 0.178. The van der Waals surface area contributed by atoms with Gasteiger partial charge in [0.1, 0.15) is 0 Å². The first-order valence-electron chi connectivity index (χ1n) is 21.4. The molecule has 0 bridgehead atoms. The van der Waals surface area contributed by atoms with Gasteiger partial charge in [-0.3, -0.25) is 0 Å². The van der Waals surface area contributed by atoms with Gasteiger partial charge in [-0.25, -0.2) is 0 Å². The summed E-state index contributed by atoms with van der Waals surface area (Å²) in [5.74, 6) is 0. The molecule has 5 aromatic carbocycles. The predicted molar refractivity (Wildman–Crippen MR) is 236 cm³/mol. The number of hydrogen-bond acceptors (Lipinski definition) is 1. The molecule has 0 radical (unpaired) electrons. The molecule has 0 saturated carbocycles. The largest absolute Gasteiger partial charge is 0.310 e. The van der Waals surface area contributed by atoms with Crippen LogP contribution in [0.5, 0.6) is 0 Å². The van der Waals surface area contributed by atoms with Crippen molar-refractivity contribution in [3.63, 3.8) is 0 Å². The van der Waals surface area contributed by atoms with Crippen molar-refractivity contribution < 1.29 is 0 Å². The van der Waals surface area contributed by atoms with Crippen molar-refractivity contribution in [2.45, 2.75) is 155 Å². The van der Waals surface area contributed by atoms with Gasteiger partial charge in [0, 0.05) is 22.4 Å². The number of nitrogens with zero attached hydrogens (tertiary/aromatic N) is 1. The Balaban J connectivity index is 1.37. The van der Waals surface area contributed by atoms with Crippen LogP contribution < -0.4 is 4.90 Å². The van der Waals surface area contributed by atoms with Crippen LogP contribution in [0.1, 0.15) is 158 Å². The molecule has 284 valence electrons. The molecule has 0 aromatic heterocycles. The van der Waals surface area contributed by atoms with Crippen molar-refractivity contribution in [2.75, 3.05) is 4.90 Å².